The number of alkyl halides is 2. The molecule has 0 radical (unpaired) electrons. The average Bonchev–Trinajstić information content (AvgIpc) is 3.13. The van der Waals surface area contributed by atoms with Gasteiger partial charge in [-0.05, 0) is 48.9 Å². The minimum atomic E-state index is -2.91. The lowest BCUT2D eigenvalue weighted by Crippen LogP contribution is -2.39. The van der Waals surface area contributed by atoms with Gasteiger partial charge in [0.1, 0.15) is 5.75 Å². The summed E-state index contributed by atoms with van der Waals surface area (Å²) < 4.78 is 31.4. The van der Waals surface area contributed by atoms with Crippen molar-refractivity contribution >= 4 is 5.91 Å². The van der Waals surface area contributed by atoms with E-state index in [1.165, 1.54) is 17.8 Å². The van der Waals surface area contributed by atoms with E-state index in [2.05, 4.69) is 43.2 Å². The standard InChI is InChI=1S/C22H29F2N3O2/c1-14(2)19-13-20(15(3)4)27(25-19)17-8-10-26(11-9-17)21(28)16-6-5-7-18(12-16)29-22(23)24/h5-7,12-15,17,22H,8-11H2,1-4H3. The first-order valence-electron chi connectivity index (χ1n) is 10.2. The molecule has 0 spiro atoms. The SMILES string of the molecule is CC(C)c1cc(C(C)C)n(C2CCN(C(=O)c3cccc(OC(F)F)c3)CC2)n1. The lowest BCUT2D eigenvalue weighted by Gasteiger charge is -2.33. The van der Waals surface area contributed by atoms with Crippen LogP contribution < -0.4 is 4.74 Å². The summed E-state index contributed by atoms with van der Waals surface area (Å²) in [6.45, 7) is 6.94. The molecule has 5 nitrogen and oxygen atoms in total. The Kier molecular flexibility index (Phi) is 6.55. The van der Waals surface area contributed by atoms with Gasteiger partial charge in [0.25, 0.3) is 5.91 Å². The molecule has 29 heavy (non-hydrogen) atoms. The number of piperidine rings is 1. The fourth-order valence-electron chi connectivity index (χ4n) is 3.74. The van der Waals surface area contributed by atoms with Crippen LogP contribution in [0.4, 0.5) is 8.78 Å². The number of aromatic nitrogens is 2. The van der Waals surface area contributed by atoms with Crippen molar-refractivity contribution in [2.45, 2.75) is 65.0 Å². The van der Waals surface area contributed by atoms with Crippen LogP contribution in [0.3, 0.4) is 0 Å². The number of benzene rings is 1. The van der Waals surface area contributed by atoms with E-state index < -0.39 is 6.61 Å². The first-order chi connectivity index (χ1) is 13.8. The van der Waals surface area contributed by atoms with E-state index >= 15 is 0 Å². The number of nitrogens with zero attached hydrogens (tertiary/aromatic N) is 3. The monoisotopic (exact) mass is 405 g/mol. The van der Waals surface area contributed by atoms with Crippen LogP contribution in [0.2, 0.25) is 0 Å². The van der Waals surface area contributed by atoms with Crippen LogP contribution in [0.25, 0.3) is 0 Å². The first kappa shape index (κ1) is 21.3. The number of rotatable bonds is 6. The molecule has 1 fully saturated rings. The van der Waals surface area contributed by atoms with Crippen LogP contribution >= 0.6 is 0 Å². The number of amides is 1. The molecule has 0 unspecified atom stereocenters. The fraction of sp³-hybridized carbons (Fsp3) is 0.545. The van der Waals surface area contributed by atoms with E-state index in [0.717, 1.165) is 18.5 Å². The maximum Gasteiger partial charge on any atom is 0.387 e. The number of carbonyl (C=O) groups excluding carboxylic acids is 1. The lowest BCUT2D eigenvalue weighted by atomic mass is 10.0. The third kappa shape index (κ3) is 4.95. The molecule has 1 amide bonds. The number of likely N-dealkylation sites (tertiary alicyclic amines) is 1. The van der Waals surface area contributed by atoms with Gasteiger partial charge >= 0.3 is 6.61 Å². The third-order valence-electron chi connectivity index (χ3n) is 5.37. The van der Waals surface area contributed by atoms with Gasteiger partial charge < -0.3 is 9.64 Å². The Morgan fingerprint density at radius 2 is 1.79 bits per heavy atom. The second-order valence-corrected chi connectivity index (χ2v) is 8.18. The Bertz CT molecular complexity index is 840. The Balaban J connectivity index is 1.69. The number of carbonyl (C=O) groups is 1. The highest BCUT2D eigenvalue weighted by Gasteiger charge is 2.27. The normalized spacial score (nSPS) is 15.6. The molecule has 1 aromatic heterocycles. The van der Waals surface area contributed by atoms with Gasteiger partial charge in [-0.25, -0.2) is 0 Å². The van der Waals surface area contributed by atoms with Crippen LogP contribution in [-0.2, 0) is 0 Å². The van der Waals surface area contributed by atoms with Gasteiger partial charge in [0, 0.05) is 24.3 Å². The molecule has 1 saturated heterocycles. The van der Waals surface area contributed by atoms with E-state index in [0.29, 0.717) is 30.5 Å². The summed E-state index contributed by atoms with van der Waals surface area (Å²) in [5.74, 6) is 0.598. The number of hydrogen-bond donors (Lipinski definition) is 0. The van der Waals surface area contributed by atoms with E-state index in [9.17, 15) is 13.6 Å². The van der Waals surface area contributed by atoms with Gasteiger partial charge in [-0.15, -0.1) is 0 Å². The minimum absolute atomic E-state index is 0.0000622. The predicted molar refractivity (Wildman–Crippen MR) is 108 cm³/mol. The Morgan fingerprint density at radius 1 is 1.10 bits per heavy atom. The van der Waals surface area contributed by atoms with Gasteiger partial charge in [0.2, 0.25) is 0 Å². The Labute approximate surface area is 170 Å². The number of ether oxygens (including phenoxy) is 1. The summed E-state index contributed by atoms with van der Waals surface area (Å²) >= 11 is 0. The molecule has 2 heterocycles. The van der Waals surface area contributed by atoms with Gasteiger partial charge in [-0.2, -0.15) is 13.9 Å². The molecular weight excluding hydrogens is 376 g/mol. The van der Waals surface area contributed by atoms with Crippen LogP contribution in [-0.4, -0.2) is 40.3 Å². The van der Waals surface area contributed by atoms with Crippen LogP contribution in [0.15, 0.2) is 30.3 Å². The quantitative estimate of drug-likeness (QED) is 0.663. The first-order valence-corrected chi connectivity index (χ1v) is 10.2. The Morgan fingerprint density at radius 3 is 2.38 bits per heavy atom. The molecule has 7 heteroatoms. The van der Waals surface area contributed by atoms with Gasteiger partial charge in [-0.3, -0.25) is 9.48 Å². The van der Waals surface area contributed by atoms with E-state index in [1.807, 2.05) is 0 Å². The number of hydrogen-bond acceptors (Lipinski definition) is 3. The molecule has 1 aliphatic heterocycles. The summed E-state index contributed by atoms with van der Waals surface area (Å²) in [6.07, 6.45) is 1.63. The van der Waals surface area contributed by atoms with Crippen molar-refractivity contribution in [1.29, 1.82) is 0 Å². The van der Waals surface area contributed by atoms with E-state index in [-0.39, 0.29) is 17.7 Å². The zero-order valence-electron chi connectivity index (χ0n) is 17.4. The van der Waals surface area contributed by atoms with E-state index in [4.69, 9.17) is 5.10 Å². The molecule has 3 rings (SSSR count). The van der Waals surface area contributed by atoms with Crippen molar-refractivity contribution in [2.24, 2.45) is 0 Å². The largest absolute Gasteiger partial charge is 0.435 e. The summed E-state index contributed by atoms with van der Waals surface area (Å²) in [4.78, 5) is 14.6. The fourth-order valence-corrected chi connectivity index (χ4v) is 3.74. The van der Waals surface area contributed by atoms with Crippen molar-refractivity contribution in [1.82, 2.24) is 14.7 Å². The van der Waals surface area contributed by atoms with E-state index in [1.54, 1.807) is 17.0 Å². The molecule has 1 aromatic carbocycles. The van der Waals surface area contributed by atoms with Gasteiger partial charge in [0.15, 0.2) is 0 Å². The third-order valence-corrected chi connectivity index (χ3v) is 5.37. The summed E-state index contributed by atoms with van der Waals surface area (Å²) in [5.41, 5.74) is 2.70. The zero-order chi connectivity index (χ0) is 21.1. The molecule has 1 aliphatic rings. The van der Waals surface area contributed by atoms with Crippen LogP contribution in [0.5, 0.6) is 5.75 Å². The van der Waals surface area contributed by atoms with Crippen molar-refractivity contribution in [3.8, 4) is 5.75 Å². The van der Waals surface area contributed by atoms with Crippen LogP contribution in [0.1, 0.15) is 80.2 Å². The second kappa shape index (κ2) is 8.93. The van der Waals surface area contributed by atoms with Crippen molar-refractivity contribution < 1.29 is 18.3 Å². The zero-order valence-corrected chi connectivity index (χ0v) is 17.4. The lowest BCUT2D eigenvalue weighted by molar-refractivity contribution is -0.0499. The van der Waals surface area contributed by atoms with Crippen molar-refractivity contribution in [2.75, 3.05) is 13.1 Å². The molecule has 0 bridgehead atoms. The maximum absolute atomic E-state index is 12.8. The predicted octanol–water partition coefficient (Wildman–Crippen LogP) is 5.21. The molecule has 0 saturated carbocycles. The van der Waals surface area contributed by atoms with Gasteiger partial charge in [0.05, 0.1) is 11.7 Å². The van der Waals surface area contributed by atoms with Crippen molar-refractivity contribution in [3.05, 3.63) is 47.3 Å². The summed E-state index contributed by atoms with van der Waals surface area (Å²) in [5, 5.41) is 4.85. The van der Waals surface area contributed by atoms with Gasteiger partial charge in [-0.1, -0.05) is 33.8 Å². The smallest absolute Gasteiger partial charge is 0.387 e. The molecular formula is C22H29F2N3O2. The molecule has 0 atom stereocenters. The summed E-state index contributed by atoms with van der Waals surface area (Å²) in [7, 11) is 0. The molecule has 0 aliphatic carbocycles. The van der Waals surface area contributed by atoms with Crippen LogP contribution in [0, 0.1) is 0 Å². The molecule has 2 aromatic rings. The topological polar surface area (TPSA) is 47.4 Å². The average molecular weight is 405 g/mol. The summed E-state index contributed by atoms with van der Waals surface area (Å²) in [6, 6.07) is 8.45. The highest BCUT2D eigenvalue weighted by molar-refractivity contribution is 5.94. The Hall–Kier alpha value is -2.44. The highest BCUT2D eigenvalue weighted by Crippen LogP contribution is 2.30. The number of halogens is 2. The maximum atomic E-state index is 12.8. The molecule has 158 valence electrons. The van der Waals surface area contributed by atoms with Crippen molar-refractivity contribution in [3.63, 3.8) is 0 Å². The highest BCUT2D eigenvalue weighted by atomic mass is 19.3. The minimum Gasteiger partial charge on any atom is -0.435 e. The second-order valence-electron chi connectivity index (χ2n) is 8.18. The molecule has 0 N–H and O–H groups in total.